The summed E-state index contributed by atoms with van der Waals surface area (Å²) in [6, 6.07) is 67.3. The van der Waals surface area contributed by atoms with Gasteiger partial charge in [0, 0.05) is 44.3 Å². The molecule has 10 aromatic rings. The van der Waals surface area contributed by atoms with Crippen LogP contribution < -0.4 is 9.30 Å². The van der Waals surface area contributed by atoms with E-state index in [4.69, 9.17) is 9.72 Å². The van der Waals surface area contributed by atoms with E-state index in [9.17, 15) is 0 Å². The Balaban J connectivity index is 0.00000578. The van der Waals surface area contributed by atoms with Crippen molar-refractivity contribution >= 4 is 21.8 Å². The number of fused-ring (bicyclic) bond motifs is 3. The Morgan fingerprint density at radius 1 is 0.500 bits per heavy atom. The van der Waals surface area contributed by atoms with Gasteiger partial charge in [-0.1, -0.05) is 177 Å². The largest absolute Gasteiger partial charge is 0.510 e. The molecule has 0 bridgehead atoms. The Morgan fingerprint density at radius 2 is 1.07 bits per heavy atom. The molecular formula is C62H56N4OPt-2. The monoisotopic (exact) mass is 1070 g/mol. The van der Waals surface area contributed by atoms with Gasteiger partial charge in [-0.3, -0.25) is 4.57 Å². The first kappa shape index (κ1) is 46.3. The molecule has 6 heteroatoms. The van der Waals surface area contributed by atoms with Crippen LogP contribution >= 0.6 is 0 Å². The molecule has 0 spiro atoms. The van der Waals surface area contributed by atoms with Crippen LogP contribution in [0.4, 0.5) is 0 Å². The van der Waals surface area contributed by atoms with E-state index in [0.29, 0.717) is 11.5 Å². The van der Waals surface area contributed by atoms with Crippen molar-refractivity contribution in [3.63, 3.8) is 0 Å². The molecule has 3 aromatic heterocycles. The Morgan fingerprint density at radius 3 is 1.65 bits per heavy atom. The van der Waals surface area contributed by atoms with E-state index in [1.807, 2.05) is 12.3 Å². The summed E-state index contributed by atoms with van der Waals surface area (Å²) < 4.78 is 13.6. The van der Waals surface area contributed by atoms with E-state index in [1.165, 1.54) is 11.3 Å². The molecule has 0 fully saturated rings. The number of aromatic nitrogens is 4. The minimum absolute atomic E-state index is 0. The number of benzene rings is 7. The third-order valence-corrected chi connectivity index (χ3v) is 12.5. The van der Waals surface area contributed by atoms with Crippen LogP contribution in [0.3, 0.4) is 0 Å². The van der Waals surface area contributed by atoms with Crippen molar-refractivity contribution in [2.24, 2.45) is 0 Å². The van der Waals surface area contributed by atoms with Crippen molar-refractivity contribution in [2.75, 3.05) is 0 Å². The Bertz CT molecular complexity index is 3360. The first-order chi connectivity index (χ1) is 32.1. The van der Waals surface area contributed by atoms with Gasteiger partial charge < -0.3 is 13.9 Å². The zero-order valence-electron chi connectivity index (χ0n) is 40.3. The second-order valence-corrected chi connectivity index (χ2v) is 20.6. The molecule has 5 nitrogen and oxygen atoms in total. The average molecular weight is 1070 g/mol. The van der Waals surface area contributed by atoms with Gasteiger partial charge in [0.15, 0.2) is 0 Å². The van der Waals surface area contributed by atoms with Gasteiger partial charge in [0.2, 0.25) is 0 Å². The van der Waals surface area contributed by atoms with Crippen LogP contribution in [-0.4, -0.2) is 14.1 Å². The van der Waals surface area contributed by atoms with Gasteiger partial charge in [-0.15, -0.1) is 35.2 Å². The SMILES string of the molecule is CC(C)(C)c1ccnc(-n2c3[c-]c(Oc4[c-]c(-n5[c-][n+](-c6cc(-c7ccccc7)cc(-c7ccccc7)c6)c(C(C)(C)C)c5C(C)(C)C)cc(-c5ccccc5)c4)ccc3c3ccccc32)c1.[Pt]. The molecule has 0 saturated carbocycles. The zero-order valence-corrected chi connectivity index (χ0v) is 42.5. The van der Waals surface area contributed by atoms with Crippen LogP contribution in [0, 0.1) is 18.5 Å². The number of para-hydroxylation sites is 1. The summed E-state index contributed by atoms with van der Waals surface area (Å²) in [5, 5.41) is 2.21. The van der Waals surface area contributed by atoms with Gasteiger partial charge in [-0.2, -0.15) is 12.1 Å². The van der Waals surface area contributed by atoms with Crippen LogP contribution in [0.1, 0.15) is 79.3 Å². The Kier molecular flexibility index (Phi) is 12.3. The predicted octanol–water partition coefficient (Wildman–Crippen LogP) is 15.3. The Labute approximate surface area is 416 Å². The van der Waals surface area contributed by atoms with Crippen molar-refractivity contribution in [3.05, 3.63) is 211 Å². The van der Waals surface area contributed by atoms with E-state index >= 15 is 0 Å². The third kappa shape index (κ3) is 9.00. The second-order valence-electron chi connectivity index (χ2n) is 20.6. The normalized spacial score (nSPS) is 12.1. The molecule has 0 aliphatic rings. The summed E-state index contributed by atoms with van der Waals surface area (Å²) in [6.07, 6.45) is 5.84. The van der Waals surface area contributed by atoms with Gasteiger partial charge >= 0.3 is 0 Å². The number of imidazole rings is 1. The number of rotatable bonds is 8. The summed E-state index contributed by atoms with van der Waals surface area (Å²) in [7, 11) is 0. The maximum Gasteiger partial charge on any atom is 0.267 e. The predicted molar refractivity (Wildman–Crippen MR) is 275 cm³/mol. The number of hydrogen-bond acceptors (Lipinski definition) is 2. The summed E-state index contributed by atoms with van der Waals surface area (Å²) in [6.45, 7) is 20.4. The van der Waals surface area contributed by atoms with Crippen molar-refractivity contribution in [2.45, 2.75) is 78.6 Å². The molecule has 0 atom stereocenters. The quantitative estimate of drug-likeness (QED) is 0.112. The minimum Gasteiger partial charge on any atom is -0.510 e. The van der Waals surface area contributed by atoms with E-state index in [0.717, 1.165) is 78.1 Å². The molecule has 0 aliphatic heterocycles. The van der Waals surface area contributed by atoms with Crippen LogP contribution in [0.2, 0.25) is 0 Å². The zero-order chi connectivity index (χ0) is 46.7. The summed E-state index contributed by atoms with van der Waals surface area (Å²) in [5.74, 6) is 2.00. The molecule has 342 valence electrons. The summed E-state index contributed by atoms with van der Waals surface area (Å²) >= 11 is 0. The van der Waals surface area contributed by atoms with Gasteiger partial charge in [-0.05, 0) is 97.1 Å². The molecular weight excluding hydrogens is 1010 g/mol. The average Bonchev–Trinajstić information content (AvgIpc) is 3.90. The maximum atomic E-state index is 6.94. The molecule has 0 radical (unpaired) electrons. The van der Waals surface area contributed by atoms with Gasteiger partial charge in [-0.25, -0.2) is 4.98 Å². The second kappa shape index (κ2) is 18.0. The van der Waals surface area contributed by atoms with Crippen LogP contribution in [0.15, 0.2) is 176 Å². The molecule has 0 amide bonds. The molecule has 7 aromatic carbocycles. The fourth-order valence-corrected chi connectivity index (χ4v) is 9.29. The molecule has 0 unspecified atom stereocenters. The Hall–Kier alpha value is -6.81. The summed E-state index contributed by atoms with van der Waals surface area (Å²) in [5.41, 5.74) is 13.4. The molecule has 0 saturated heterocycles. The van der Waals surface area contributed by atoms with E-state index in [2.05, 4.69) is 258 Å². The summed E-state index contributed by atoms with van der Waals surface area (Å²) in [4.78, 5) is 4.90. The third-order valence-electron chi connectivity index (χ3n) is 12.5. The van der Waals surface area contributed by atoms with Gasteiger partial charge in [0.05, 0.1) is 17.1 Å². The van der Waals surface area contributed by atoms with Crippen LogP contribution in [0.25, 0.3) is 72.4 Å². The fraction of sp³-hybridized carbons (Fsp3) is 0.194. The first-order valence-electron chi connectivity index (χ1n) is 23.2. The maximum absolute atomic E-state index is 6.94. The van der Waals surface area contributed by atoms with Crippen LogP contribution in [0.5, 0.6) is 11.5 Å². The number of pyridine rings is 1. The van der Waals surface area contributed by atoms with Crippen LogP contribution in [-0.2, 0) is 37.3 Å². The van der Waals surface area contributed by atoms with Gasteiger partial charge in [0.25, 0.3) is 6.33 Å². The van der Waals surface area contributed by atoms with Crippen molar-refractivity contribution in [3.8, 4) is 62.1 Å². The molecule has 10 rings (SSSR count). The molecule has 68 heavy (non-hydrogen) atoms. The minimum atomic E-state index is -0.300. The molecule has 0 N–H and O–H groups in total. The standard InChI is InChI=1S/C62H56N4O.Pt/c1-60(2,3)48-31-32-63-57(38-48)66-55-28-20-19-27-53(55)54-30-29-51(40-56(54)66)67-52-37-47(44-25-17-12-18-26-44)36-50(39-52)65-41-64(58(61(4,5)6)59(65)62(7,8)9)49-34-45(42-21-13-10-14-22-42)33-46(35-49)43-23-15-11-16-24-43;/h10-38H,1-9H3;/q-2;. The molecule has 3 heterocycles. The van der Waals surface area contributed by atoms with Crippen molar-refractivity contribution < 1.29 is 30.4 Å². The smallest absolute Gasteiger partial charge is 0.267 e. The van der Waals surface area contributed by atoms with Crippen molar-refractivity contribution in [1.29, 1.82) is 0 Å². The fourth-order valence-electron chi connectivity index (χ4n) is 9.29. The van der Waals surface area contributed by atoms with Gasteiger partial charge in [0.1, 0.15) is 5.82 Å². The number of ether oxygens (including phenoxy) is 1. The molecule has 0 aliphatic carbocycles. The van der Waals surface area contributed by atoms with Crippen molar-refractivity contribution in [1.82, 2.24) is 14.1 Å². The van der Waals surface area contributed by atoms with E-state index in [-0.39, 0.29) is 37.3 Å². The number of nitrogens with zero attached hydrogens (tertiary/aromatic N) is 4. The van der Waals surface area contributed by atoms with E-state index < -0.39 is 0 Å². The van der Waals surface area contributed by atoms with E-state index in [1.54, 1.807) is 0 Å². The first-order valence-corrected chi connectivity index (χ1v) is 23.2. The number of hydrogen-bond donors (Lipinski definition) is 0. The topological polar surface area (TPSA) is 35.9 Å².